The molecule has 23 heavy (non-hydrogen) atoms. The van der Waals surface area contributed by atoms with Crippen molar-refractivity contribution < 1.29 is 5.11 Å². The smallest absolute Gasteiger partial charge is 0.115 e. The monoisotopic (exact) mass is 309 g/mol. The van der Waals surface area contributed by atoms with E-state index >= 15 is 0 Å². The number of fused-ring (bicyclic) bond motifs is 1. The number of benzene rings is 2. The molecule has 0 saturated heterocycles. The molecule has 0 radical (unpaired) electrons. The van der Waals surface area contributed by atoms with Crippen LogP contribution in [0.5, 0.6) is 5.75 Å². The fraction of sp³-hybridized carbons (Fsp3) is 0.429. The second-order valence-corrected chi connectivity index (χ2v) is 6.58. The Kier molecular flexibility index (Phi) is 5.02. The number of hydrogen-bond acceptors (Lipinski definition) is 2. The zero-order valence-electron chi connectivity index (χ0n) is 14.2. The molecular formula is C21H27NO. The average Bonchev–Trinajstić information content (AvgIpc) is 2.94. The first-order valence-electron chi connectivity index (χ1n) is 8.85. The van der Waals surface area contributed by atoms with Crippen LogP contribution in [0.3, 0.4) is 0 Å². The first-order chi connectivity index (χ1) is 11.2. The van der Waals surface area contributed by atoms with Gasteiger partial charge in [-0.2, -0.15) is 0 Å². The van der Waals surface area contributed by atoms with Crippen LogP contribution < -0.4 is 0 Å². The van der Waals surface area contributed by atoms with Gasteiger partial charge in [-0.1, -0.05) is 50.2 Å². The summed E-state index contributed by atoms with van der Waals surface area (Å²) in [6.45, 7) is 6.80. The second-order valence-electron chi connectivity index (χ2n) is 6.58. The maximum Gasteiger partial charge on any atom is 0.115 e. The Bertz CT molecular complexity index is 632. The van der Waals surface area contributed by atoms with Crippen LogP contribution in [0.2, 0.25) is 0 Å². The SMILES string of the molecule is CCCN(CCC)[C@H]1Cc2ccc(O)cc2[C@@H]1c1ccccc1. The maximum atomic E-state index is 9.98. The summed E-state index contributed by atoms with van der Waals surface area (Å²) in [4.78, 5) is 2.65. The van der Waals surface area contributed by atoms with Gasteiger partial charge in [0, 0.05) is 12.0 Å². The van der Waals surface area contributed by atoms with E-state index in [1.165, 1.54) is 29.5 Å². The Hall–Kier alpha value is -1.80. The molecule has 0 spiro atoms. The molecule has 0 unspecified atom stereocenters. The molecule has 0 amide bonds. The van der Waals surface area contributed by atoms with Crippen molar-refractivity contribution in [2.75, 3.05) is 13.1 Å². The van der Waals surface area contributed by atoms with Crippen molar-refractivity contribution in [3.8, 4) is 5.75 Å². The minimum atomic E-state index is 0.358. The predicted octanol–water partition coefficient (Wildman–Crippen LogP) is 4.57. The highest BCUT2D eigenvalue weighted by atomic mass is 16.3. The molecule has 0 aromatic heterocycles. The number of nitrogens with zero attached hydrogens (tertiary/aromatic N) is 1. The fourth-order valence-corrected chi connectivity index (χ4v) is 4.03. The molecule has 122 valence electrons. The Balaban J connectivity index is 2.02. The summed E-state index contributed by atoms with van der Waals surface area (Å²) < 4.78 is 0. The lowest BCUT2D eigenvalue weighted by Crippen LogP contribution is -2.39. The van der Waals surface area contributed by atoms with Crippen LogP contribution in [0.4, 0.5) is 0 Å². The van der Waals surface area contributed by atoms with Gasteiger partial charge in [0.2, 0.25) is 0 Å². The molecule has 2 heteroatoms. The first kappa shape index (κ1) is 16.1. The summed E-state index contributed by atoms with van der Waals surface area (Å²) >= 11 is 0. The molecule has 2 nitrogen and oxygen atoms in total. The molecule has 1 aliphatic rings. The Morgan fingerprint density at radius 2 is 1.70 bits per heavy atom. The van der Waals surface area contributed by atoms with E-state index in [1.807, 2.05) is 12.1 Å². The normalized spacial score (nSPS) is 20.0. The van der Waals surface area contributed by atoms with E-state index < -0.39 is 0 Å². The van der Waals surface area contributed by atoms with Crippen molar-refractivity contribution >= 4 is 0 Å². The summed E-state index contributed by atoms with van der Waals surface area (Å²) in [5, 5.41) is 9.98. The van der Waals surface area contributed by atoms with Gasteiger partial charge < -0.3 is 5.11 Å². The van der Waals surface area contributed by atoms with E-state index in [0.29, 0.717) is 17.7 Å². The lowest BCUT2D eigenvalue weighted by atomic mass is 9.89. The van der Waals surface area contributed by atoms with E-state index in [9.17, 15) is 5.11 Å². The summed E-state index contributed by atoms with van der Waals surface area (Å²) in [5.74, 6) is 0.735. The lowest BCUT2D eigenvalue weighted by molar-refractivity contribution is 0.189. The molecule has 1 aliphatic carbocycles. The van der Waals surface area contributed by atoms with Gasteiger partial charge in [-0.3, -0.25) is 4.90 Å². The van der Waals surface area contributed by atoms with Crippen LogP contribution in [-0.2, 0) is 6.42 Å². The van der Waals surface area contributed by atoms with Crippen molar-refractivity contribution in [3.05, 3.63) is 65.2 Å². The van der Waals surface area contributed by atoms with Crippen molar-refractivity contribution in [2.45, 2.75) is 45.1 Å². The van der Waals surface area contributed by atoms with Gasteiger partial charge >= 0.3 is 0 Å². The van der Waals surface area contributed by atoms with Gasteiger partial charge in [0.05, 0.1) is 0 Å². The molecule has 2 aromatic carbocycles. The van der Waals surface area contributed by atoms with Crippen molar-refractivity contribution in [3.63, 3.8) is 0 Å². The van der Waals surface area contributed by atoms with Crippen LogP contribution in [-0.4, -0.2) is 29.1 Å². The lowest BCUT2D eigenvalue weighted by Gasteiger charge is -2.33. The Morgan fingerprint density at radius 1 is 1.00 bits per heavy atom. The highest BCUT2D eigenvalue weighted by molar-refractivity contribution is 5.48. The number of aromatic hydroxyl groups is 1. The number of phenolic OH excluding ortho intramolecular Hbond substituents is 1. The number of hydrogen-bond donors (Lipinski definition) is 1. The van der Waals surface area contributed by atoms with Crippen molar-refractivity contribution in [1.29, 1.82) is 0 Å². The van der Waals surface area contributed by atoms with Gasteiger partial charge in [-0.05, 0) is 61.2 Å². The van der Waals surface area contributed by atoms with Crippen LogP contribution in [0.15, 0.2) is 48.5 Å². The third-order valence-corrected chi connectivity index (χ3v) is 4.93. The van der Waals surface area contributed by atoms with Gasteiger partial charge in [0.1, 0.15) is 5.75 Å². The highest BCUT2D eigenvalue weighted by Gasteiger charge is 2.36. The summed E-state index contributed by atoms with van der Waals surface area (Å²) in [5.41, 5.74) is 4.05. The Labute approximate surface area is 139 Å². The molecule has 0 bridgehead atoms. The Morgan fingerprint density at radius 3 is 2.35 bits per heavy atom. The molecule has 0 saturated carbocycles. The second kappa shape index (κ2) is 7.18. The van der Waals surface area contributed by atoms with Crippen LogP contribution >= 0.6 is 0 Å². The van der Waals surface area contributed by atoms with Crippen LogP contribution in [0.1, 0.15) is 49.3 Å². The number of rotatable bonds is 6. The van der Waals surface area contributed by atoms with Gasteiger partial charge in [-0.15, -0.1) is 0 Å². The summed E-state index contributed by atoms with van der Waals surface area (Å²) in [7, 11) is 0. The van der Waals surface area contributed by atoms with E-state index in [4.69, 9.17) is 0 Å². The molecule has 2 atom stereocenters. The quantitative estimate of drug-likeness (QED) is 0.845. The average molecular weight is 309 g/mol. The molecule has 1 N–H and O–H groups in total. The maximum absolute atomic E-state index is 9.98. The standard InChI is InChI=1S/C21H27NO/c1-3-12-22(13-4-2)20-14-17-10-11-18(23)15-19(17)21(20)16-8-6-5-7-9-16/h5-11,15,20-21,23H,3-4,12-14H2,1-2H3/t20-,21-/m0/s1. The third kappa shape index (κ3) is 3.28. The first-order valence-corrected chi connectivity index (χ1v) is 8.85. The zero-order valence-corrected chi connectivity index (χ0v) is 14.2. The van der Waals surface area contributed by atoms with E-state index in [-0.39, 0.29) is 0 Å². The zero-order chi connectivity index (χ0) is 16.2. The van der Waals surface area contributed by atoms with Gasteiger partial charge in [0.25, 0.3) is 0 Å². The topological polar surface area (TPSA) is 23.5 Å². The fourth-order valence-electron chi connectivity index (χ4n) is 4.03. The minimum absolute atomic E-state index is 0.358. The molecular weight excluding hydrogens is 282 g/mol. The molecule has 2 aromatic rings. The van der Waals surface area contributed by atoms with Crippen molar-refractivity contribution in [2.24, 2.45) is 0 Å². The van der Waals surface area contributed by atoms with Gasteiger partial charge in [0.15, 0.2) is 0 Å². The third-order valence-electron chi connectivity index (χ3n) is 4.93. The van der Waals surface area contributed by atoms with Crippen LogP contribution in [0.25, 0.3) is 0 Å². The van der Waals surface area contributed by atoms with E-state index in [0.717, 1.165) is 19.5 Å². The van der Waals surface area contributed by atoms with Crippen LogP contribution in [0, 0.1) is 0 Å². The van der Waals surface area contributed by atoms with Gasteiger partial charge in [-0.25, -0.2) is 0 Å². The molecule has 0 heterocycles. The van der Waals surface area contributed by atoms with E-state index in [2.05, 4.69) is 55.1 Å². The minimum Gasteiger partial charge on any atom is -0.508 e. The van der Waals surface area contributed by atoms with Crippen molar-refractivity contribution in [1.82, 2.24) is 4.90 Å². The largest absolute Gasteiger partial charge is 0.508 e. The highest BCUT2D eigenvalue weighted by Crippen LogP contribution is 2.42. The number of phenols is 1. The summed E-state index contributed by atoms with van der Waals surface area (Å²) in [6.07, 6.45) is 3.44. The summed E-state index contributed by atoms with van der Waals surface area (Å²) in [6, 6.07) is 17.2. The molecule has 0 fully saturated rings. The molecule has 0 aliphatic heterocycles. The molecule has 3 rings (SSSR count). The van der Waals surface area contributed by atoms with E-state index in [1.54, 1.807) is 0 Å². The predicted molar refractivity (Wildman–Crippen MR) is 96.0 cm³/mol.